The average molecular weight is 179 g/mol. The van der Waals surface area contributed by atoms with Gasteiger partial charge in [-0.25, -0.2) is 9.18 Å². The van der Waals surface area contributed by atoms with E-state index < -0.39 is 6.30 Å². The summed E-state index contributed by atoms with van der Waals surface area (Å²) in [5, 5.41) is 0. The maximum absolute atomic E-state index is 12.8. The molecule has 0 aliphatic heterocycles. The minimum atomic E-state index is -1.47. The molecule has 13 heavy (non-hydrogen) atoms. The third kappa shape index (κ3) is 2.80. The smallest absolute Gasteiger partial charge is 0.221 e. The summed E-state index contributed by atoms with van der Waals surface area (Å²) in [6.45, 7) is 1.90. The van der Waals surface area contributed by atoms with Crippen LogP contribution >= 0.6 is 0 Å². The highest BCUT2D eigenvalue weighted by Crippen LogP contribution is 2.11. The fraction of sp³-hybridized carbons (Fsp3) is 0.300. The van der Waals surface area contributed by atoms with Crippen LogP contribution in [0.15, 0.2) is 29.3 Å². The topological polar surface area (TPSA) is 29.4 Å². The predicted molar refractivity (Wildman–Crippen MR) is 47.9 cm³/mol. The molecule has 1 atom stereocenters. The molecule has 2 nitrogen and oxygen atoms in total. The van der Waals surface area contributed by atoms with Gasteiger partial charge in [0.15, 0.2) is 0 Å². The number of carbonyl (C=O) groups excluding carboxylic acids is 1. The molecule has 0 aromatic heterocycles. The van der Waals surface area contributed by atoms with Crippen molar-refractivity contribution in [3.05, 3.63) is 35.4 Å². The summed E-state index contributed by atoms with van der Waals surface area (Å²) in [6.07, 6.45) is -0.126. The third-order valence-corrected chi connectivity index (χ3v) is 1.84. The van der Waals surface area contributed by atoms with Crippen LogP contribution in [0.1, 0.15) is 11.1 Å². The van der Waals surface area contributed by atoms with E-state index in [-0.39, 0.29) is 6.42 Å². The molecule has 0 saturated carbocycles. The first-order valence-corrected chi connectivity index (χ1v) is 3.99. The molecule has 0 N–H and O–H groups in total. The largest absolute Gasteiger partial charge is 0.237 e. The van der Waals surface area contributed by atoms with Crippen molar-refractivity contribution in [3.8, 4) is 0 Å². The van der Waals surface area contributed by atoms with Crippen LogP contribution in [-0.2, 0) is 11.2 Å². The number of hydrogen-bond donors (Lipinski definition) is 0. The molecule has 0 heterocycles. The first-order chi connectivity index (χ1) is 6.24. The van der Waals surface area contributed by atoms with Gasteiger partial charge in [0, 0.05) is 6.42 Å². The molecule has 0 spiro atoms. The number of isocyanates is 1. The number of benzene rings is 1. The minimum Gasteiger partial charge on any atom is -0.221 e. The second kappa shape index (κ2) is 4.53. The van der Waals surface area contributed by atoms with Crippen LogP contribution in [0.25, 0.3) is 0 Å². The predicted octanol–water partition coefficient (Wildman–Crippen LogP) is 2.17. The molecule has 0 radical (unpaired) electrons. The minimum absolute atomic E-state index is 0.141. The van der Waals surface area contributed by atoms with Gasteiger partial charge < -0.3 is 0 Å². The van der Waals surface area contributed by atoms with Crippen LogP contribution in [0.5, 0.6) is 0 Å². The zero-order chi connectivity index (χ0) is 9.68. The van der Waals surface area contributed by atoms with Crippen LogP contribution in [0, 0.1) is 6.92 Å². The Morgan fingerprint density at radius 2 is 2.23 bits per heavy atom. The lowest BCUT2D eigenvalue weighted by Crippen LogP contribution is -2.02. The van der Waals surface area contributed by atoms with Gasteiger partial charge in [-0.2, -0.15) is 4.99 Å². The molecule has 1 rings (SSSR count). The van der Waals surface area contributed by atoms with E-state index in [0.29, 0.717) is 0 Å². The third-order valence-electron chi connectivity index (χ3n) is 1.84. The quantitative estimate of drug-likeness (QED) is 0.397. The van der Waals surface area contributed by atoms with Gasteiger partial charge in [-0.15, -0.1) is 0 Å². The van der Waals surface area contributed by atoms with E-state index in [1.807, 2.05) is 31.2 Å². The molecule has 0 fully saturated rings. The van der Waals surface area contributed by atoms with E-state index in [9.17, 15) is 9.18 Å². The summed E-state index contributed by atoms with van der Waals surface area (Å²) in [6, 6.07) is 7.43. The van der Waals surface area contributed by atoms with Crippen LogP contribution in [0.2, 0.25) is 0 Å². The SMILES string of the molecule is Cc1ccccc1CC(F)N=C=O. The summed E-state index contributed by atoms with van der Waals surface area (Å²) in [7, 11) is 0. The van der Waals surface area contributed by atoms with Crippen molar-refractivity contribution in [1.29, 1.82) is 0 Å². The molecule has 0 aliphatic rings. The summed E-state index contributed by atoms with van der Waals surface area (Å²) < 4.78 is 12.8. The van der Waals surface area contributed by atoms with Gasteiger partial charge in [-0.1, -0.05) is 24.3 Å². The van der Waals surface area contributed by atoms with Crippen molar-refractivity contribution in [2.75, 3.05) is 0 Å². The molecule has 0 bridgehead atoms. The lowest BCUT2D eigenvalue weighted by Gasteiger charge is -2.04. The number of nitrogens with zero attached hydrogens (tertiary/aromatic N) is 1. The number of rotatable bonds is 3. The van der Waals surface area contributed by atoms with Gasteiger partial charge in [-0.05, 0) is 18.1 Å². The normalized spacial score (nSPS) is 11.8. The highest BCUT2D eigenvalue weighted by atomic mass is 19.1. The second-order valence-electron chi connectivity index (χ2n) is 2.79. The number of halogens is 1. The van der Waals surface area contributed by atoms with E-state index in [4.69, 9.17) is 0 Å². The average Bonchev–Trinajstić information content (AvgIpc) is 2.09. The highest BCUT2D eigenvalue weighted by Gasteiger charge is 2.06. The van der Waals surface area contributed by atoms with Gasteiger partial charge >= 0.3 is 0 Å². The monoisotopic (exact) mass is 179 g/mol. The second-order valence-corrected chi connectivity index (χ2v) is 2.79. The Morgan fingerprint density at radius 3 is 2.85 bits per heavy atom. The van der Waals surface area contributed by atoms with Gasteiger partial charge in [-0.3, -0.25) is 0 Å². The first-order valence-electron chi connectivity index (χ1n) is 3.99. The van der Waals surface area contributed by atoms with E-state index in [2.05, 4.69) is 4.99 Å². The van der Waals surface area contributed by atoms with Crippen molar-refractivity contribution < 1.29 is 9.18 Å². The lowest BCUT2D eigenvalue weighted by molar-refractivity contribution is 0.343. The van der Waals surface area contributed by atoms with Gasteiger partial charge in [0.05, 0.1) is 0 Å². The summed E-state index contributed by atoms with van der Waals surface area (Å²) in [5.41, 5.74) is 1.88. The van der Waals surface area contributed by atoms with Crippen LogP contribution in [0.3, 0.4) is 0 Å². The maximum atomic E-state index is 12.8. The zero-order valence-electron chi connectivity index (χ0n) is 7.33. The van der Waals surface area contributed by atoms with Crippen molar-refractivity contribution in [2.24, 2.45) is 4.99 Å². The summed E-state index contributed by atoms with van der Waals surface area (Å²) in [4.78, 5) is 12.7. The Bertz CT molecular complexity index is 331. The van der Waals surface area contributed by atoms with Gasteiger partial charge in [0.25, 0.3) is 0 Å². The van der Waals surface area contributed by atoms with Gasteiger partial charge in [0.2, 0.25) is 12.4 Å². The van der Waals surface area contributed by atoms with Crippen LogP contribution in [0.4, 0.5) is 4.39 Å². The Hall–Kier alpha value is -1.47. The molecule has 1 unspecified atom stereocenters. The van der Waals surface area contributed by atoms with Crippen LogP contribution < -0.4 is 0 Å². The standard InChI is InChI=1S/C10H10FNO/c1-8-4-2-3-5-9(8)6-10(11)12-7-13/h2-5,10H,6H2,1H3. The molecule has 0 saturated heterocycles. The number of aryl methyl sites for hydroxylation is 1. The van der Waals surface area contributed by atoms with Gasteiger partial charge in [0.1, 0.15) is 0 Å². The Kier molecular flexibility index (Phi) is 3.35. The maximum Gasteiger partial charge on any atom is 0.237 e. The summed E-state index contributed by atoms with van der Waals surface area (Å²) in [5.74, 6) is 0. The lowest BCUT2D eigenvalue weighted by atomic mass is 10.1. The Balaban J connectivity index is 2.74. The Labute approximate surface area is 76.1 Å². The fourth-order valence-corrected chi connectivity index (χ4v) is 1.12. The molecule has 68 valence electrons. The van der Waals surface area contributed by atoms with Crippen LogP contribution in [-0.4, -0.2) is 12.4 Å². The fourth-order valence-electron chi connectivity index (χ4n) is 1.12. The molecule has 1 aromatic carbocycles. The van der Waals surface area contributed by atoms with E-state index in [0.717, 1.165) is 11.1 Å². The highest BCUT2D eigenvalue weighted by molar-refractivity contribution is 5.34. The van der Waals surface area contributed by atoms with Crippen molar-refractivity contribution >= 4 is 6.08 Å². The summed E-state index contributed by atoms with van der Waals surface area (Å²) >= 11 is 0. The van der Waals surface area contributed by atoms with Crippen molar-refractivity contribution in [3.63, 3.8) is 0 Å². The van der Waals surface area contributed by atoms with E-state index >= 15 is 0 Å². The molecule has 0 aliphatic carbocycles. The van der Waals surface area contributed by atoms with Crippen molar-refractivity contribution in [2.45, 2.75) is 19.6 Å². The first kappa shape index (κ1) is 9.62. The molecule has 3 heteroatoms. The van der Waals surface area contributed by atoms with E-state index in [1.165, 1.54) is 6.08 Å². The molecular weight excluding hydrogens is 169 g/mol. The van der Waals surface area contributed by atoms with E-state index in [1.54, 1.807) is 0 Å². The molecule has 1 aromatic rings. The van der Waals surface area contributed by atoms with Crippen molar-refractivity contribution in [1.82, 2.24) is 0 Å². The molecule has 0 amide bonds. The Morgan fingerprint density at radius 1 is 1.54 bits per heavy atom. The molecular formula is C10H10FNO. The number of aliphatic imine (C=N–C) groups is 1. The number of hydrogen-bond acceptors (Lipinski definition) is 2. The zero-order valence-corrected chi connectivity index (χ0v) is 7.33. The number of alkyl halides is 1.